The van der Waals surface area contributed by atoms with E-state index in [0.717, 1.165) is 30.7 Å². The molecule has 0 aromatic heterocycles. The highest BCUT2D eigenvalue weighted by Crippen LogP contribution is 2.46. The Labute approximate surface area is 167 Å². The molecule has 4 aliphatic rings. The van der Waals surface area contributed by atoms with Gasteiger partial charge in [0.15, 0.2) is 0 Å². The van der Waals surface area contributed by atoms with Gasteiger partial charge >= 0.3 is 0 Å². The van der Waals surface area contributed by atoms with Gasteiger partial charge in [0.1, 0.15) is 18.5 Å². The molecule has 2 N–H and O–H groups in total. The molecule has 0 amide bonds. The van der Waals surface area contributed by atoms with Crippen molar-refractivity contribution in [3.8, 4) is 5.75 Å². The second-order valence-electron chi connectivity index (χ2n) is 8.80. The maximum Gasteiger partial charge on any atom is 0.119 e. The van der Waals surface area contributed by atoms with Crippen molar-refractivity contribution in [1.29, 1.82) is 0 Å². The first-order valence-corrected chi connectivity index (χ1v) is 10.7. The summed E-state index contributed by atoms with van der Waals surface area (Å²) in [5.41, 5.74) is 1.48. The van der Waals surface area contributed by atoms with Crippen molar-refractivity contribution < 1.29 is 9.84 Å². The summed E-state index contributed by atoms with van der Waals surface area (Å²) >= 11 is 0. The molecule has 2 saturated heterocycles. The Morgan fingerprint density at radius 2 is 1.64 bits per heavy atom. The van der Waals surface area contributed by atoms with Crippen LogP contribution < -0.4 is 10.1 Å². The maximum atomic E-state index is 10.4. The number of hydrogen-bond donors (Lipinski definition) is 2. The topological polar surface area (TPSA) is 44.7 Å². The standard InChI is InChI=1S/C24H30N2O2/c27-20(16-28-21-9-5-2-6-10-21)15-26-13-18-11-19(14-26)24(18)25-23-12-22(23)17-7-3-1-4-8-17/h1-10,18-20,22-25,27H,11-16H2/t18-,19+,20?,22?,23-,24?/m1/s1. The van der Waals surface area contributed by atoms with Gasteiger partial charge < -0.3 is 15.2 Å². The Morgan fingerprint density at radius 3 is 2.36 bits per heavy atom. The molecule has 2 aromatic carbocycles. The first kappa shape index (κ1) is 18.2. The smallest absolute Gasteiger partial charge is 0.119 e. The van der Waals surface area contributed by atoms with Crippen LogP contribution in [-0.4, -0.2) is 54.4 Å². The molecule has 4 fully saturated rings. The molecule has 2 aromatic rings. The Hall–Kier alpha value is -1.88. The summed E-state index contributed by atoms with van der Waals surface area (Å²) in [4.78, 5) is 2.43. The summed E-state index contributed by atoms with van der Waals surface area (Å²) in [7, 11) is 0. The Balaban J connectivity index is 1.05. The summed E-state index contributed by atoms with van der Waals surface area (Å²) in [6, 6.07) is 22.0. The third kappa shape index (κ3) is 3.95. The molecule has 2 saturated carbocycles. The van der Waals surface area contributed by atoms with E-state index >= 15 is 0 Å². The summed E-state index contributed by atoms with van der Waals surface area (Å²) in [6.07, 6.45) is 2.18. The average Bonchev–Trinajstić information content (AvgIpc) is 3.52. The molecule has 148 valence electrons. The number of nitrogens with one attached hydrogen (secondary N) is 1. The van der Waals surface area contributed by atoms with Gasteiger partial charge in [-0.15, -0.1) is 0 Å². The number of nitrogens with zero attached hydrogens (tertiary/aromatic N) is 1. The fraction of sp³-hybridized carbons (Fsp3) is 0.500. The van der Waals surface area contributed by atoms with Crippen LogP contribution in [0.25, 0.3) is 0 Å². The number of piperidine rings is 2. The molecule has 4 heteroatoms. The number of hydrogen-bond acceptors (Lipinski definition) is 4. The molecule has 2 bridgehead atoms. The quantitative estimate of drug-likeness (QED) is 0.741. The third-order valence-electron chi connectivity index (χ3n) is 6.69. The highest BCUT2D eigenvalue weighted by Gasteiger charge is 2.50. The van der Waals surface area contributed by atoms with Crippen LogP contribution in [0.5, 0.6) is 5.75 Å². The highest BCUT2D eigenvalue weighted by atomic mass is 16.5. The van der Waals surface area contributed by atoms with Crippen molar-refractivity contribution in [3.63, 3.8) is 0 Å². The van der Waals surface area contributed by atoms with Crippen molar-refractivity contribution in [2.24, 2.45) is 11.8 Å². The minimum absolute atomic E-state index is 0.359. The normalized spacial score (nSPS) is 32.4. The predicted octanol–water partition coefficient (Wildman–Crippen LogP) is 2.89. The molecule has 3 unspecified atom stereocenters. The van der Waals surface area contributed by atoms with Crippen molar-refractivity contribution in [3.05, 3.63) is 66.2 Å². The first-order chi connectivity index (χ1) is 13.8. The summed E-state index contributed by atoms with van der Waals surface area (Å²) in [6.45, 7) is 3.26. The Morgan fingerprint density at radius 1 is 0.964 bits per heavy atom. The lowest BCUT2D eigenvalue weighted by Gasteiger charge is -2.54. The summed E-state index contributed by atoms with van der Waals surface area (Å²) in [5, 5.41) is 14.3. The number of para-hydroxylation sites is 1. The van der Waals surface area contributed by atoms with Crippen LogP contribution in [0.2, 0.25) is 0 Å². The van der Waals surface area contributed by atoms with Gasteiger partial charge in [-0.05, 0) is 42.4 Å². The second-order valence-corrected chi connectivity index (χ2v) is 8.80. The zero-order valence-electron chi connectivity index (χ0n) is 16.3. The van der Waals surface area contributed by atoms with Crippen LogP contribution >= 0.6 is 0 Å². The van der Waals surface area contributed by atoms with Crippen molar-refractivity contribution in [2.75, 3.05) is 26.2 Å². The number of rotatable bonds is 8. The summed E-state index contributed by atoms with van der Waals surface area (Å²) in [5.74, 6) is 3.00. The minimum Gasteiger partial charge on any atom is -0.491 e. The van der Waals surface area contributed by atoms with E-state index in [-0.39, 0.29) is 0 Å². The van der Waals surface area contributed by atoms with E-state index in [1.807, 2.05) is 30.3 Å². The lowest BCUT2D eigenvalue weighted by Crippen LogP contribution is -2.64. The van der Waals surface area contributed by atoms with Gasteiger partial charge in [0.2, 0.25) is 0 Å². The van der Waals surface area contributed by atoms with E-state index in [2.05, 4.69) is 40.5 Å². The van der Waals surface area contributed by atoms with Gasteiger partial charge in [0.25, 0.3) is 0 Å². The molecule has 2 aliphatic carbocycles. The van der Waals surface area contributed by atoms with Gasteiger partial charge in [0, 0.05) is 37.6 Å². The second kappa shape index (κ2) is 7.86. The molecular formula is C24H30N2O2. The average molecular weight is 379 g/mol. The molecular weight excluding hydrogens is 348 g/mol. The molecule has 4 nitrogen and oxygen atoms in total. The number of ether oxygens (including phenoxy) is 1. The summed E-state index contributed by atoms with van der Waals surface area (Å²) < 4.78 is 5.69. The SMILES string of the molecule is OC(COc1ccccc1)CN1C[C@H]2C[C@@H](C1)C2N[C@@H]1CC1c1ccccc1. The Kier molecular flexibility index (Phi) is 5.10. The first-order valence-electron chi connectivity index (χ1n) is 10.7. The zero-order chi connectivity index (χ0) is 18.9. The van der Waals surface area contributed by atoms with Crippen LogP contribution in [0.1, 0.15) is 24.3 Å². The number of aliphatic hydroxyl groups excluding tert-OH is 1. The van der Waals surface area contributed by atoms with Crippen molar-refractivity contribution >= 4 is 0 Å². The van der Waals surface area contributed by atoms with E-state index in [4.69, 9.17) is 4.74 Å². The fourth-order valence-electron chi connectivity index (χ4n) is 5.16. The molecule has 2 aliphatic heterocycles. The van der Waals surface area contributed by atoms with Crippen LogP contribution in [-0.2, 0) is 0 Å². The molecule has 6 rings (SSSR count). The van der Waals surface area contributed by atoms with Crippen molar-refractivity contribution in [1.82, 2.24) is 10.2 Å². The van der Waals surface area contributed by atoms with Gasteiger partial charge in [0.05, 0.1) is 0 Å². The molecule has 2 heterocycles. The lowest BCUT2D eigenvalue weighted by atomic mass is 9.66. The molecule has 0 spiro atoms. The van der Waals surface area contributed by atoms with Crippen LogP contribution in [0.4, 0.5) is 0 Å². The molecule has 6 atom stereocenters. The third-order valence-corrected chi connectivity index (χ3v) is 6.69. The monoisotopic (exact) mass is 378 g/mol. The van der Waals surface area contributed by atoms with Gasteiger partial charge in [-0.25, -0.2) is 0 Å². The Bertz CT molecular complexity index is 757. The lowest BCUT2D eigenvalue weighted by molar-refractivity contribution is -0.0379. The highest BCUT2D eigenvalue weighted by molar-refractivity contribution is 5.28. The van der Waals surface area contributed by atoms with E-state index in [1.54, 1.807) is 0 Å². The van der Waals surface area contributed by atoms with Gasteiger partial charge in [-0.1, -0.05) is 48.5 Å². The number of benzene rings is 2. The van der Waals surface area contributed by atoms with Crippen LogP contribution in [0.15, 0.2) is 60.7 Å². The minimum atomic E-state index is -0.435. The van der Waals surface area contributed by atoms with Gasteiger partial charge in [-0.3, -0.25) is 4.90 Å². The number of fused-ring (bicyclic) bond motifs is 2. The van der Waals surface area contributed by atoms with E-state index in [9.17, 15) is 5.11 Å². The van der Waals surface area contributed by atoms with Crippen molar-refractivity contribution in [2.45, 2.75) is 36.9 Å². The van der Waals surface area contributed by atoms with Crippen LogP contribution in [0.3, 0.4) is 0 Å². The fourth-order valence-corrected chi connectivity index (χ4v) is 5.16. The van der Waals surface area contributed by atoms with E-state index < -0.39 is 6.10 Å². The zero-order valence-corrected chi connectivity index (χ0v) is 16.3. The number of aliphatic hydroxyl groups is 1. The largest absolute Gasteiger partial charge is 0.491 e. The van der Waals surface area contributed by atoms with Crippen LogP contribution in [0, 0.1) is 11.8 Å². The van der Waals surface area contributed by atoms with E-state index in [0.29, 0.717) is 31.2 Å². The van der Waals surface area contributed by atoms with Gasteiger partial charge in [-0.2, -0.15) is 0 Å². The molecule has 0 radical (unpaired) electrons. The molecule has 28 heavy (non-hydrogen) atoms. The van der Waals surface area contributed by atoms with E-state index in [1.165, 1.54) is 18.4 Å². The maximum absolute atomic E-state index is 10.4. The predicted molar refractivity (Wildman–Crippen MR) is 110 cm³/mol.